The highest BCUT2D eigenvalue weighted by atomic mass is 16.5. The van der Waals surface area contributed by atoms with Crippen LogP contribution in [-0.4, -0.2) is 64.7 Å². The summed E-state index contributed by atoms with van der Waals surface area (Å²) in [6, 6.07) is 0.492. The van der Waals surface area contributed by atoms with Gasteiger partial charge in [-0.3, -0.25) is 4.79 Å². The lowest BCUT2D eigenvalue weighted by Crippen LogP contribution is -2.28. The van der Waals surface area contributed by atoms with Gasteiger partial charge < -0.3 is 24.8 Å². The van der Waals surface area contributed by atoms with Gasteiger partial charge >= 0.3 is 0 Å². The van der Waals surface area contributed by atoms with Crippen molar-refractivity contribution >= 4 is 5.91 Å². The Kier molecular flexibility index (Phi) is 15.7. The van der Waals surface area contributed by atoms with Crippen molar-refractivity contribution in [2.24, 2.45) is 5.92 Å². The van der Waals surface area contributed by atoms with E-state index in [1.54, 1.807) is 0 Å². The average molecular weight is 332 g/mol. The third-order valence-electron chi connectivity index (χ3n) is 3.34. The van der Waals surface area contributed by atoms with Crippen LogP contribution < -0.4 is 10.6 Å². The molecule has 0 rings (SSSR count). The Bertz CT molecular complexity index is 275. The molecule has 138 valence electrons. The molecule has 0 aliphatic heterocycles. The minimum Gasteiger partial charge on any atom is -0.378 e. The standard InChI is InChI=1S/C17H36N2O4/c1-5-16(4)14-17(20)19-7-9-22-11-13-23-12-10-21-8-6-18-15(2)3/h15-16,18H,5-14H2,1-4H3,(H,19,20). The summed E-state index contributed by atoms with van der Waals surface area (Å²) in [5.41, 5.74) is 0. The first-order chi connectivity index (χ1) is 11.1. The molecule has 1 atom stereocenters. The molecular weight excluding hydrogens is 296 g/mol. The molecule has 0 saturated carbocycles. The second-order valence-electron chi connectivity index (χ2n) is 6.01. The second-order valence-corrected chi connectivity index (χ2v) is 6.01. The Labute approximate surface area is 141 Å². The van der Waals surface area contributed by atoms with Crippen molar-refractivity contribution in [3.63, 3.8) is 0 Å². The molecule has 1 amide bonds. The topological polar surface area (TPSA) is 68.8 Å². The van der Waals surface area contributed by atoms with Gasteiger partial charge in [-0.2, -0.15) is 0 Å². The molecule has 0 radical (unpaired) electrons. The normalized spacial score (nSPS) is 12.6. The van der Waals surface area contributed by atoms with Crippen LogP contribution in [0.1, 0.15) is 40.5 Å². The Morgan fingerprint density at radius 2 is 1.39 bits per heavy atom. The molecule has 0 bridgehead atoms. The van der Waals surface area contributed by atoms with E-state index in [4.69, 9.17) is 14.2 Å². The van der Waals surface area contributed by atoms with Crippen LogP contribution in [-0.2, 0) is 19.0 Å². The third kappa shape index (κ3) is 17.5. The predicted molar refractivity (Wildman–Crippen MR) is 92.7 cm³/mol. The monoisotopic (exact) mass is 332 g/mol. The lowest BCUT2D eigenvalue weighted by Gasteiger charge is -2.10. The highest BCUT2D eigenvalue weighted by Gasteiger charge is 2.05. The van der Waals surface area contributed by atoms with Gasteiger partial charge in [-0.05, 0) is 5.92 Å². The Morgan fingerprint density at radius 3 is 1.91 bits per heavy atom. The first-order valence-corrected chi connectivity index (χ1v) is 8.79. The molecule has 6 heteroatoms. The van der Waals surface area contributed by atoms with Crippen LogP contribution in [0, 0.1) is 5.92 Å². The van der Waals surface area contributed by atoms with Crippen molar-refractivity contribution in [3.05, 3.63) is 0 Å². The van der Waals surface area contributed by atoms with E-state index in [-0.39, 0.29) is 5.91 Å². The first-order valence-electron chi connectivity index (χ1n) is 8.79. The quantitative estimate of drug-likeness (QED) is 0.420. The van der Waals surface area contributed by atoms with E-state index >= 15 is 0 Å². The number of carbonyl (C=O) groups is 1. The van der Waals surface area contributed by atoms with Crippen LogP contribution in [0.5, 0.6) is 0 Å². The van der Waals surface area contributed by atoms with Crippen molar-refractivity contribution in [1.29, 1.82) is 0 Å². The molecule has 0 aromatic heterocycles. The number of rotatable bonds is 16. The zero-order valence-corrected chi connectivity index (χ0v) is 15.4. The van der Waals surface area contributed by atoms with Gasteiger partial charge in [0.2, 0.25) is 5.91 Å². The van der Waals surface area contributed by atoms with Gasteiger partial charge in [0.25, 0.3) is 0 Å². The van der Waals surface area contributed by atoms with Gasteiger partial charge in [0, 0.05) is 25.6 Å². The number of amides is 1. The summed E-state index contributed by atoms with van der Waals surface area (Å²) in [4.78, 5) is 11.5. The fourth-order valence-electron chi connectivity index (χ4n) is 1.76. The number of hydrogen-bond donors (Lipinski definition) is 2. The Hall–Kier alpha value is -0.690. The minimum atomic E-state index is 0.100. The van der Waals surface area contributed by atoms with E-state index in [0.29, 0.717) is 64.6 Å². The van der Waals surface area contributed by atoms with Crippen LogP contribution in [0.25, 0.3) is 0 Å². The minimum absolute atomic E-state index is 0.100. The zero-order chi connectivity index (χ0) is 17.3. The summed E-state index contributed by atoms with van der Waals surface area (Å²) in [5.74, 6) is 0.538. The molecule has 0 aliphatic rings. The van der Waals surface area contributed by atoms with E-state index in [1.807, 2.05) is 0 Å². The van der Waals surface area contributed by atoms with Gasteiger partial charge in [0.15, 0.2) is 0 Å². The summed E-state index contributed by atoms with van der Waals surface area (Å²) in [6.45, 7) is 13.3. The number of nitrogens with one attached hydrogen (secondary N) is 2. The highest BCUT2D eigenvalue weighted by molar-refractivity contribution is 5.76. The van der Waals surface area contributed by atoms with Crippen LogP contribution in [0.2, 0.25) is 0 Å². The molecule has 0 heterocycles. The molecule has 1 unspecified atom stereocenters. The maximum atomic E-state index is 11.5. The van der Waals surface area contributed by atoms with Crippen molar-refractivity contribution in [2.75, 3.05) is 52.7 Å². The van der Waals surface area contributed by atoms with Gasteiger partial charge in [-0.1, -0.05) is 34.1 Å². The maximum Gasteiger partial charge on any atom is 0.220 e. The van der Waals surface area contributed by atoms with E-state index in [1.165, 1.54) is 0 Å². The zero-order valence-electron chi connectivity index (χ0n) is 15.4. The van der Waals surface area contributed by atoms with Gasteiger partial charge in [0.05, 0.1) is 39.6 Å². The lowest BCUT2D eigenvalue weighted by molar-refractivity contribution is -0.122. The highest BCUT2D eigenvalue weighted by Crippen LogP contribution is 2.05. The maximum absolute atomic E-state index is 11.5. The molecule has 6 nitrogen and oxygen atoms in total. The largest absolute Gasteiger partial charge is 0.378 e. The van der Waals surface area contributed by atoms with Gasteiger partial charge in [-0.25, -0.2) is 0 Å². The predicted octanol–water partition coefficient (Wildman–Crippen LogP) is 1.59. The fourth-order valence-corrected chi connectivity index (χ4v) is 1.76. The molecule has 0 fully saturated rings. The molecular formula is C17H36N2O4. The molecule has 0 aromatic rings. The van der Waals surface area contributed by atoms with E-state index in [9.17, 15) is 4.79 Å². The van der Waals surface area contributed by atoms with Gasteiger partial charge in [-0.15, -0.1) is 0 Å². The average Bonchev–Trinajstić information content (AvgIpc) is 2.51. The number of carbonyl (C=O) groups excluding carboxylic acids is 1. The molecule has 0 aliphatic carbocycles. The molecule has 23 heavy (non-hydrogen) atoms. The Morgan fingerprint density at radius 1 is 0.870 bits per heavy atom. The fraction of sp³-hybridized carbons (Fsp3) is 0.941. The van der Waals surface area contributed by atoms with Crippen LogP contribution in [0.3, 0.4) is 0 Å². The smallest absolute Gasteiger partial charge is 0.220 e. The SMILES string of the molecule is CCC(C)CC(=O)NCCOCCOCCOCCNC(C)C. The van der Waals surface area contributed by atoms with Gasteiger partial charge in [0.1, 0.15) is 0 Å². The van der Waals surface area contributed by atoms with E-state index in [2.05, 4.69) is 38.3 Å². The van der Waals surface area contributed by atoms with E-state index < -0.39 is 0 Å². The molecule has 0 aromatic carbocycles. The molecule has 0 spiro atoms. The summed E-state index contributed by atoms with van der Waals surface area (Å²) in [5, 5.41) is 6.14. The Balaban J connectivity index is 3.15. The van der Waals surface area contributed by atoms with Crippen LogP contribution in [0.4, 0.5) is 0 Å². The van der Waals surface area contributed by atoms with E-state index in [0.717, 1.165) is 13.0 Å². The van der Waals surface area contributed by atoms with Crippen LogP contribution >= 0.6 is 0 Å². The number of hydrogen-bond acceptors (Lipinski definition) is 5. The van der Waals surface area contributed by atoms with Crippen LogP contribution in [0.15, 0.2) is 0 Å². The lowest BCUT2D eigenvalue weighted by atomic mass is 10.1. The van der Waals surface area contributed by atoms with Crippen molar-refractivity contribution in [3.8, 4) is 0 Å². The second kappa shape index (κ2) is 16.2. The van der Waals surface area contributed by atoms with Crippen molar-refractivity contribution < 1.29 is 19.0 Å². The molecule has 0 saturated heterocycles. The third-order valence-corrected chi connectivity index (χ3v) is 3.34. The van der Waals surface area contributed by atoms with Crippen molar-refractivity contribution in [1.82, 2.24) is 10.6 Å². The van der Waals surface area contributed by atoms with Crippen molar-refractivity contribution in [2.45, 2.75) is 46.6 Å². The summed E-state index contributed by atoms with van der Waals surface area (Å²) in [6.07, 6.45) is 1.62. The number of ether oxygens (including phenoxy) is 3. The first kappa shape index (κ1) is 22.3. The summed E-state index contributed by atoms with van der Waals surface area (Å²) in [7, 11) is 0. The summed E-state index contributed by atoms with van der Waals surface area (Å²) < 4.78 is 16.2. The summed E-state index contributed by atoms with van der Waals surface area (Å²) >= 11 is 0. The molecule has 2 N–H and O–H groups in total.